The van der Waals surface area contributed by atoms with Crippen LogP contribution in [0.5, 0.6) is 5.75 Å². The number of benzene rings is 2. The maximum Gasteiger partial charge on any atom is 0.253 e. The van der Waals surface area contributed by atoms with E-state index in [1.54, 1.807) is 42.5 Å². The molecule has 2 aromatic rings. The molecule has 4 amide bonds. The van der Waals surface area contributed by atoms with Gasteiger partial charge in [-0.05, 0) is 49.4 Å². The molecule has 2 aliphatic carbocycles. The van der Waals surface area contributed by atoms with Gasteiger partial charge in [-0.15, -0.1) is 23.2 Å². The van der Waals surface area contributed by atoms with E-state index in [4.69, 9.17) is 39.5 Å². The van der Waals surface area contributed by atoms with Crippen molar-refractivity contribution in [1.82, 2.24) is 4.90 Å². The summed E-state index contributed by atoms with van der Waals surface area (Å²) in [4.78, 5) is 53.4. The average Bonchev–Trinajstić information content (AvgIpc) is 3.28. The van der Waals surface area contributed by atoms with Crippen molar-refractivity contribution in [3.05, 3.63) is 70.3 Å². The van der Waals surface area contributed by atoms with Gasteiger partial charge in [0.1, 0.15) is 12.4 Å². The van der Waals surface area contributed by atoms with Gasteiger partial charge in [-0.3, -0.25) is 24.1 Å². The Morgan fingerprint density at radius 1 is 1.02 bits per heavy atom. The minimum atomic E-state index is -1.91. The van der Waals surface area contributed by atoms with Gasteiger partial charge in [-0.1, -0.05) is 47.5 Å². The highest BCUT2D eigenvalue weighted by Crippen LogP contribution is 2.66. The largest absolute Gasteiger partial charge is 0.491 e. The number of hydrogen-bond donors (Lipinski definition) is 1. The van der Waals surface area contributed by atoms with Crippen molar-refractivity contribution in [3.63, 3.8) is 0 Å². The number of likely N-dealkylation sites (tertiary alicyclic amines) is 1. The third-order valence-corrected chi connectivity index (χ3v) is 10.8. The highest BCUT2D eigenvalue weighted by atomic mass is 35.5. The normalized spacial score (nSPS) is 32.6. The van der Waals surface area contributed by atoms with Crippen LogP contribution in [0.1, 0.15) is 29.9 Å². The number of halogens is 3. The standard InChI is InChI=1S/C30H27Cl3N2O6/c1-15-7-8-16(13-21(15)31)35-25(37)19-10-9-17-20(23(19)26(35)38)14-29(32)27(39)34(2)28(40)30(29,33)24(17)18-5-3-4-6-22(18)41-12-11-36/h3-9,13,19-20,23-24,36H,10-12,14H2,1-2H3/t19-,20+,23-,24+,29+,30-/m0/s1. The number of fused-ring (bicyclic) bond motifs is 4. The zero-order chi connectivity index (χ0) is 29.4. The number of anilines is 1. The summed E-state index contributed by atoms with van der Waals surface area (Å²) in [7, 11) is 1.34. The fraction of sp³-hybridized carbons (Fsp3) is 0.400. The Kier molecular flexibility index (Phi) is 6.77. The Hall–Kier alpha value is -2.91. The molecule has 2 heterocycles. The van der Waals surface area contributed by atoms with Gasteiger partial charge in [0.25, 0.3) is 11.8 Å². The number of para-hydroxylation sites is 1. The third-order valence-electron chi connectivity index (χ3n) is 9.01. The second-order valence-electron chi connectivity index (χ2n) is 11.1. The molecule has 1 saturated carbocycles. The third kappa shape index (κ3) is 3.77. The van der Waals surface area contributed by atoms with E-state index in [9.17, 15) is 24.3 Å². The first-order chi connectivity index (χ1) is 19.5. The van der Waals surface area contributed by atoms with Crippen LogP contribution in [0.4, 0.5) is 5.69 Å². The van der Waals surface area contributed by atoms with Crippen LogP contribution in [0.3, 0.4) is 0 Å². The maximum atomic E-state index is 14.1. The number of imide groups is 2. The molecule has 3 fully saturated rings. The average molecular weight is 618 g/mol. The van der Waals surface area contributed by atoms with E-state index in [0.29, 0.717) is 27.6 Å². The Morgan fingerprint density at radius 3 is 2.46 bits per heavy atom. The summed E-state index contributed by atoms with van der Waals surface area (Å²) in [6, 6.07) is 12.0. The minimum absolute atomic E-state index is 0.00789. The van der Waals surface area contributed by atoms with E-state index >= 15 is 0 Å². The highest BCUT2D eigenvalue weighted by molar-refractivity contribution is 6.53. The first-order valence-corrected chi connectivity index (χ1v) is 14.5. The number of aliphatic hydroxyl groups excluding tert-OH is 1. The van der Waals surface area contributed by atoms with Crippen LogP contribution in [0, 0.1) is 24.7 Å². The highest BCUT2D eigenvalue weighted by Gasteiger charge is 2.76. The zero-order valence-electron chi connectivity index (χ0n) is 22.3. The van der Waals surface area contributed by atoms with Crippen molar-refractivity contribution < 1.29 is 29.0 Å². The van der Waals surface area contributed by atoms with Gasteiger partial charge in [0.05, 0.1) is 24.1 Å². The van der Waals surface area contributed by atoms with E-state index < -0.39 is 51.1 Å². The van der Waals surface area contributed by atoms with E-state index in [-0.39, 0.29) is 32.0 Å². The fourth-order valence-electron chi connectivity index (χ4n) is 7.07. The fourth-order valence-corrected chi connectivity index (χ4v) is 8.26. The maximum absolute atomic E-state index is 14.1. The Bertz CT molecular complexity index is 1540. The summed E-state index contributed by atoms with van der Waals surface area (Å²) in [5, 5.41) is 9.84. The molecule has 41 heavy (non-hydrogen) atoms. The van der Waals surface area contributed by atoms with Crippen LogP contribution in [0.2, 0.25) is 5.02 Å². The SMILES string of the molecule is Cc1ccc(N2C(=O)[C@H]3[C@H](CC=C4[C@H]3C[C@@]3(Cl)C(=O)N(C)C(=O)[C@@]3(Cl)[C@H]4c3ccccc3OCCO)C2=O)cc1Cl. The van der Waals surface area contributed by atoms with Crippen molar-refractivity contribution >= 4 is 64.1 Å². The lowest BCUT2D eigenvalue weighted by Crippen LogP contribution is -2.60. The number of allylic oxidation sites excluding steroid dienone is 2. The molecule has 0 bridgehead atoms. The van der Waals surface area contributed by atoms with Crippen molar-refractivity contribution in [2.24, 2.45) is 17.8 Å². The van der Waals surface area contributed by atoms with Crippen LogP contribution in [0.15, 0.2) is 54.1 Å². The number of ether oxygens (including phenoxy) is 1. The van der Waals surface area contributed by atoms with Crippen molar-refractivity contribution in [2.45, 2.75) is 35.4 Å². The molecule has 8 nitrogen and oxygen atoms in total. The summed E-state index contributed by atoms with van der Waals surface area (Å²) in [5.74, 6) is -4.78. The molecule has 6 rings (SSSR count). The van der Waals surface area contributed by atoms with E-state index in [0.717, 1.165) is 10.5 Å². The van der Waals surface area contributed by atoms with Crippen LogP contribution in [-0.2, 0) is 19.2 Å². The van der Waals surface area contributed by atoms with E-state index in [1.165, 1.54) is 11.9 Å². The molecule has 2 aromatic carbocycles. The Labute approximate surface area is 251 Å². The summed E-state index contributed by atoms with van der Waals surface area (Å²) in [6.45, 7) is 1.58. The quantitative estimate of drug-likeness (QED) is 0.306. The van der Waals surface area contributed by atoms with Crippen molar-refractivity contribution in [3.8, 4) is 5.75 Å². The smallest absolute Gasteiger partial charge is 0.253 e. The van der Waals surface area contributed by atoms with Crippen LogP contribution >= 0.6 is 34.8 Å². The monoisotopic (exact) mass is 616 g/mol. The van der Waals surface area contributed by atoms with Gasteiger partial charge in [0.15, 0.2) is 9.75 Å². The molecular formula is C30H27Cl3N2O6. The number of aryl methyl sites for hydroxylation is 1. The molecule has 0 spiro atoms. The summed E-state index contributed by atoms with van der Waals surface area (Å²) in [6.07, 6.45) is 2.01. The molecule has 2 saturated heterocycles. The van der Waals surface area contributed by atoms with Crippen LogP contribution in [0.25, 0.3) is 0 Å². The van der Waals surface area contributed by atoms with Crippen LogP contribution in [-0.4, -0.2) is 63.6 Å². The summed E-state index contributed by atoms with van der Waals surface area (Å²) < 4.78 is 5.82. The number of amides is 4. The lowest BCUT2D eigenvalue weighted by atomic mass is 9.56. The van der Waals surface area contributed by atoms with Gasteiger partial charge in [0.2, 0.25) is 11.8 Å². The molecular weight excluding hydrogens is 591 g/mol. The summed E-state index contributed by atoms with van der Waals surface area (Å²) in [5.41, 5.74) is 2.36. The van der Waals surface area contributed by atoms with Gasteiger partial charge in [0, 0.05) is 23.6 Å². The molecule has 11 heteroatoms. The summed E-state index contributed by atoms with van der Waals surface area (Å²) >= 11 is 20.8. The molecule has 4 aliphatic rings. The predicted molar refractivity (Wildman–Crippen MR) is 153 cm³/mol. The number of hydrogen-bond acceptors (Lipinski definition) is 6. The molecule has 2 aliphatic heterocycles. The number of aliphatic hydroxyl groups is 1. The number of rotatable bonds is 5. The number of alkyl halides is 2. The van der Waals surface area contributed by atoms with Gasteiger partial charge < -0.3 is 9.84 Å². The van der Waals surface area contributed by atoms with Gasteiger partial charge in [-0.2, -0.15) is 0 Å². The molecule has 1 N–H and O–H groups in total. The van der Waals surface area contributed by atoms with E-state index in [1.807, 2.05) is 13.0 Å². The Morgan fingerprint density at radius 2 is 1.76 bits per heavy atom. The molecule has 6 atom stereocenters. The molecule has 0 radical (unpaired) electrons. The van der Waals surface area contributed by atoms with Crippen molar-refractivity contribution in [2.75, 3.05) is 25.2 Å². The first kappa shape index (κ1) is 28.2. The topological polar surface area (TPSA) is 104 Å². The van der Waals surface area contributed by atoms with E-state index in [2.05, 4.69) is 0 Å². The second kappa shape index (κ2) is 9.83. The lowest BCUT2D eigenvalue weighted by molar-refractivity contribution is -0.138. The second-order valence-corrected chi connectivity index (χ2v) is 12.7. The number of nitrogens with zero attached hydrogens (tertiary/aromatic N) is 2. The van der Waals surface area contributed by atoms with Gasteiger partial charge >= 0.3 is 0 Å². The zero-order valence-corrected chi connectivity index (χ0v) is 24.5. The molecule has 214 valence electrons. The predicted octanol–water partition coefficient (Wildman–Crippen LogP) is 4.21. The Balaban J connectivity index is 1.51. The van der Waals surface area contributed by atoms with Crippen molar-refractivity contribution in [1.29, 1.82) is 0 Å². The number of carbonyl (C=O) groups is 4. The minimum Gasteiger partial charge on any atom is -0.491 e. The van der Waals surface area contributed by atoms with Gasteiger partial charge in [-0.25, -0.2) is 4.90 Å². The lowest BCUT2D eigenvalue weighted by Gasteiger charge is -2.51. The molecule has 0 aromatic heterocycles. The number of carbonyl (C=O) groups excluding carboxylic acids is 4. The van der Waals surface area contributed by atoms with Crippen LogP contribution < -0.4 is 9.64 Å². The first-order valence-electron chi connectivity index (χ1n) is 13.3. The molecule has 0 unspecified atom stereocenters.